The lowest BCUT2D eigenvalue weighted by atomic mass is 10.1. The molecule has 8 nitrogen and oxygen atoms in total. The van der Waals surface area contributed by atoms with Gasteiger partial charge in [0.15, 0.2) is 0 Å². The van der Waals surface area contributed by atoms with Crippen molar-refractivity contribution in [3.05, 3.63) is 97.3 Å². The molecule has 12 heteroatoms. The molecule has 3 aromatic rings. The number of thioether (sulfide) groups is 2. The molecular weight excluding hydrogens is 567 g/mol. The molecule has 2 fully saturated rings. The molecule has 2 aliphatic rings. The third-order valence-electron chi connectivity index (χ3n) is 5.46. The number of hydrogen-bond donors (Lipinski definition) is 2. The molecule has 5 rings (SSSR count). The largest absolute Gasteiger partial charge is 0.322 e. The number of aromatic nitrogens is 1. The van der Waals surface area contributed by atoms with E-state index in [0.29, 0.717) is 37.8 Å². The highest BCUT2D eigenvalue weighted by Crippen LogP contribution is 2.31. The molecule has 0 bridgehead atoms. The van der Waals surface area contributed by atoms with Gasteiger partial charge in [0.25, 0.3) is 22.3 Å². The highest BCUT2D eigenvalue weighted by Gasteiger charge is 2.26. The van der Waals surface area contributed by atoms with Crippen LogP contribution in [0.1, 0.15) is 16.7 Å². The Morgan fingerprint density at radius 3 is 1.89 bits per heavy atom. The Hall–Kier alpha value is -3.57. The lowest BCUT2D eigenvalue weighted by Crippen LogP contribution is -2.18. The fraction of sp³-hybridized carbons (Fsp3) is 0.0385. The maximum absolute atomic E-state index is 11.9. The van der Waals surface area contributed by atoms with Crippen LogP contribution in [0.3, 0.4) is 0 Å². The maximum Gasteiger partial charge on any atom is 0.290 e. The second kappa shape index (κ2) is 11.0. The van der Waals surface area contributed by atoms with Gasteiger partial charge < -0.3 is 4.90 Å². The Kier molecular flexibility index (Phi) is 7.57. The molecule has 0 atom stereocenters. The number of nitrogens with one attached hydrogen (secondary N) is 2. The predicted octanol–water partition coefficient (Wildman–Crippen LogP) is 6.37. The first-order chi connectivity index (χ1) is 18.2. The Labute approximate surface area is 235 Å². The molecule has 38 heavy (non-hydrogen) atoms. The number of carbonyl (C=O) groups excluding carboxylic acids is 4. The fourth-order valence-corrected chi connectivity index (χ4v) is 5.35. The Morgan fingerprint density at radius 2 is 1.37 bits per heavy atom. The molecular formula is C26H16Cl2N4O4S2. The summed E-state index contributed by atoms with van der Waals surface area (Å²) in [5.41, 5.74) is 3.13. The van der Waals surface area contributed by atoms with Crippen molar-refractivity contribution in [2.45, 2.75) is 6.54 Å². The average Bonchev–Trinajstić information content (AvgIpc) is 3.38. The van der Waals surface area contributed by atoms with Gasteiger partial charge in [-0.25, -0.2) is 4.98 Å². The van der Waals surface area contributed by atoms with Gasteiger partial charge in [-0.15, -0.1) is 0 Å². The van der Waals surface area contributed by atoms with Crippen LogP contribution < -0.4 is 15.5 Å². The molecule has 3 heterocycles. The third-order valence-corrected chi connectivity index (χ3v) is 7.82. The van der Waals surface area contributed by atoms with E-state index in [-0.39, 0.29) is 0 Å². The zero-order chi connectivity index (χ0) is 26.8. The summed E-state index contributed by atoms with van der Waals surface area (Å²) >= 11 is 14.0. The van der Waals surface area contributed by atoms with Gasteiger partial charge in [0.05, 0.1) is 19.9 Å². The van der Waals surface area contributed by atoms with Crippen LogP contribution in [0.5, 0.6) is 0 Å². The van der Waals surface area contributed by atoms with Crippen LogP contribution in [0, 0.1) is 0 Å². The highest BCUT2D eigenvalue weighted by molar-refractivity contribution is 8.18. The van der Waals surface area contributed by atoms with Crippen LogP contribution in [-0.2, 0) is 16.1 Å². The summed E-state index contributed by atoms with van der Waals surface area (Å²) < 4.78 is 0. The van der Waals surface area contributed by atoms with E-state index in [9.17, 15) is 19.2 Å². The van der Waals surface area contributed by atoms with Crippen LogP contribution in [-0.4, -0.2) is 27.3 Å². The molecule has 0 saturated carbocycles. The quantitative estimate of drug-likeness (QED) is 0.322. The molecule has 0 aliphatic carbocycles. The first-order valence-electron chi connectivity index (χ1n) is 11.0. The number of benzene rings is 2. The number of nitrogens with zero attached hydrogens (tertiary/aromatic N) is 2. The molecule has 0 unspecified atom stereocenters. The highest BCUT2D eigenvalue weighted by atomic mass is 35.5. The number of pyridine rings is 1. The SMILES string of the molecule is O=C1NC(=O)/C(=C/c2ccc(N(Cc3ccc(Cl)c(Cl)c3)c3ccc(/C=C4/SC(=O)NC4=O)cc3)nc2)S1. The molecule has 4 amide bonds. The second-order valence-corrected chi connectivity index (χ2v) is 10.9. The van der Waals surface area contributed by atoms with E-state index in [1.807, 2.05) is 41.3 Å². The van der Waals surface area contributed by atoms with Crippen molar-refractivity contribution in [3.63, 3.8) is 0 Å². The Bertz CT molecular complexity index is 1450. The molecule has 2 aromatic carbocycles. The van der Waals surface area contributed by atoms with Gasteiger partial charge in [-0.1, -0.05) is 41.4 Å². The fourth-order valence-electron chi connectivity index (χ4n) is 3.66. The summed E-state index contributed by atoms with van der Waals surface area (Å²) in [5.74, 6) is -0.221. The molecule has 2 N–H and O–H groups in total. The smallest absolute Gasteiger partial charge is 0.290 e. The minimum absolute atomic E-state index is 0.303. The molecule has 2 saturated heterocycles. The number of imide groups is 2. The van der Waals surface area contributed by atoms with E-state index in [4.69, 9.17) is 23.2 Å². The van der Waals surface area contributed by atoms with Gasteiger partial charge in [-0.05, 0) is 88.8 Å². The van der Waals surface area contributed by atoms with Crippen molar-refractivity contribution in [2.75, 3.05) is 4.90 Å². The summed E-state index contributed by atoms with van der Waals surface area (Å²) in [6.45, 7) is 0.421. The first kappa shape index (κ1) is 26.1. The lowest BCUT2D eigenvalue weighted by molar-refractivity contribution is -0.116. The van der Waals surface area contributed by atoms with E-state index in [0.717, 1.165) is 40.3 Å². The number of rotatable bonds is 6. The standard InChI is InChI=1S/C26H16Cl2N4O4S2/c27-18-7-3-16(9-19(18)28)13-32(17-5-1-14(2-6-17)10-20-23(33)30-25(35)37-20)22-8-4-15(12-29-22)11-21-24(34)31-26(36)38-21/h1-12H,13H2,(H,30,33,35)(H,31,34,36)/b20-10+,21-11-. The molecule has 0 spiro atoms. The lowest BCUT2D eigenvalue weighted by Gasteiger charge is -2.24. The zero-order valence-electron chi connectivity index (χ0n) is 19.2. The van der Waals surface area contributed by atoms with Crippen molar-refractivity contribution < 1.29 is 19.2 Å². The number of anilines is 2. The minimum atomic E-state index is -0.432. The summed E-state index contributed by atoms with van der Waals surface area (Å²) in [6, 6.07) is 16.4. The van der Waals surface area contributed by atoms with E-state index >= 15 is 0 Å². The van der Waals surface area contributed by atoms with Gasteiger partial charge in [0.2, 0.25) is 0 Å². The first-order valence-corrected chi connectivity index (χ1v) is 13.4. The number of halogens is 2. The Morgan fingerprint density at radius 1 is 0.763 bits per heavy atom. The summed E-state index contributed by atoms with van der Waals surface area (Å²) in [4.78, 5) is 53.8. The van der Waals surface area contributed by atoms with Gasteiger partial charge in [-0.2, -0.15) is 0 Å². The molecule has 1 aromatic heterocycles. The Balaban J connectivity index is 1.45. The van der Waals surface area contributed by atoms with Gasteiger partial charge in [0, 0.05) is 18.4 Å². The van der Waals surface area contributed by atoms with Crippen molar-refractivity contribution in [1.82, 2.24) is 15.6 Å². The van der Waals surface area contributed by atoms with Gasteiger partial charge in [0.1, 0.15) is 5.82 Å². The number of hydrogen-bond acceptors (Lipinski definition) is 8. The number of amides is 4. The summed E-state index contributed by atoms with van der Waals surface area (Å²) in [6.07, 6.45) is 4.88. The topological polar surface area (TPSA) is 108 Å². The summed E-state index contributed by atoms with van der Waals surface area (Å²) in [5, 5.41) is 4.56. The summed E-state index contributed by atoms with van der Waals surface area (Å²) in [7, 11) is 0. The molecule has 2 aliphatic heterocycles. The normalized spacial score (nSPS) is 17.3. The van der Waals surface area contributed by atoms with Gasteiger partial charge in [-0.3, -0.25) is 29.8 Å². The third kappa shape index (κ3) is 5.94. The van der Waals surface area contributed by atoms with E-state index in [1.165, 1.54) is 0 Å². The van der Waals surface area contributed by atoms with Crippen LogP contribution in [0.25, 0.3) is 12.2 Å². The van der Waals surface area contributed by atoms with Crippen molar-refractivity contribution in [2.24, 2.45) is 0 Å². The van der Waals surface area contributed by atoms with Crippen LogP contribution in [0.4, 0.5) is 21.1 Å². The maximum atomic E-state index is 11.9. The van der Waals surface area contributed by atoms with Crippen LogP contribution >= 0.6 is 46.7 Å². The zero-order valence-corrected chi connectivity index (χ0v) is 22.4. The average molecular weight is 583 g/mol. The van der Waals surface area contributed by atoms with E-state index in [1.54, 1.807) is 36.5 Å². The van der Waals surface area contributed by atoms with Crippen LogP contribution in [0.15, 0.2) is 70.6 Å². The second-order valence-electron chi connectivity index (χ2n) is 8.08. The minimum Gasteiger partial charge on any atom is -0.322 e. The molecule has 0 radical (unpaired) electrons. The van der Waals surface area contributed by atoms with Crippen molar-refractivity contribution >= 4 is 92.7 Å². The predicted molar refractivity (Wildman–Crippen MR) is 151 cm³/mol. The molecule has 190 valence electrons. The van der Waals surface area contributed by atoms with Crippen LogP contribution in [0.2, 0.25) is 10.0 Å². The van der Waals surface area contributed by atoms with Crippen molar-refractivity contribution in [1.29, 1.82) is 0 Å². The van der Waals surface area contributed by atoms with Gasteiger partial charge >= 0.3 is 0 Å². The van der Waals surface area contributed by atoms with E-state index in [2.05, 4.69) is 15.6 Å². The monoisotopic (exact) mass is 582 g/mol. The van der Waals surface area contributed by atoms with E-state index < -0.39 is 22.3 Å². The number of carbonyl (C=O) groups is 4. The van der Waals surface area contributed by atoms with Crippen molar-refractivity contribution in [3.8, 4) is 0 Å².